The zero-order chi connectivity index (χ0) is 14.7. The van der Waals surface area contributed by atoms with Crippen molar-refractivity contribution in [2.75, 3.05) is 0 Å². The van der Waals surface area contributed by atoms with E-state index in [1.165, 1.54) is 19.3 Å². The normalized spacial score (nSPS) is 26.4. The molecule has 3 atom stereocenters. The van der Waals surface area contributed by atoms with E-state index in [0.29, 0.717) is 18.5 Å². The predicted octanol–water partition coefficient (Wildman–Crippen LogP) is 3.82. The molecule has 1 saturated carbocycles. The summed E-state index contributed by atoms with van der Waals surface area (Å²) in [5.74, 6) is 1.50. The molecular formula is C16H24N2O2. The topological polar surface area (TPSA) is 55.2 Å². The second kappa shape index (κ2) is 6.35. The third-order valence-corrected chi connectivity index (χ3v) is 4.47. The van der Waals surface area contributed by atoms with E-state index in [1.54, 1.807) is 13.0 Å². The number of nitro benzene ring substituents is 1. The predicted molar refractivity (Wildman–Crippen MR) is 80.6 cm³/mol. The lowest BCUT2D eigenvalue weighted by Gasteiger charge is -2.33. The van der Waals surface area contributed by atoms with E-state index in [0.717, 1.165) is 17.0 Å². The van der Waals surface area contributed by atoms with Crippen LogP contribution >= 0.6 is 0 Å². The maximum Gasteiger partial charge on any atom is 0.272 e. The van der Waals surface area contributed by atoms with Gasteiger partial charge in [-0.15, -0.1) is 0 Å². The number of aryl methyl sites for hydroxylation is 1. The Kier molecular flexibility index (Phi) is 4.76. The molecule has 1 aromatic rings. The Balaban J connectivity index is 1.97. The Bertz CT molecular complexity index is 487. The minimum absolute atomic E-state index is 0.217. The maximum atomic E-state index is 11.0. The van der Waals surface area contributed by atoms with Gasteiger partial charge in [-0.1, -0.05) is 26.0 Å². The van der Waals surface area contributed by atoms with Crippen molar-refractivity contribution < 1.29 is 4.92 Å². The molecule has 0 heterocycles. The minimum atomic E-state index is -0.302. The largest absolute Gasteiger partial charge is 0.310 e. The molecule has 0 radical (unpaired) electrons. The van der Waals surface area contributed by atoms with Gasteiger partial charge in [0.2, 0.25) is 0 Å². The zero-order valence-corrected chi connectivity index (χ0v) is 12.6. The Hall–Kier alpha value is -1.42. The average Bonchev–Trinajstić information content (AvgIpc) is 2.39. The fraction of sp³-hybridized carbons (Fsp3) is 0.625. The van der Waals surface area contributed by atoms with Gasteiger partial charge in [0, 0.05) is 24.2 Å². The summed E-state index contributed by atoms with van der Waals surface area (Å²) in [6.45, 7) is 7.10. The van der Waals surface area contributed by atoms with Crippen LogP contribution in [0.3, 0.4) is 0 Å². The highest BCUT2D eigenvalue weighted by Crippen LogP contribution is 2.29. The summed E-state index contributed by atoms with van der Waals surface area (Å²) < 4.78 is 0. The second-order valence-corrected chi connectivity index (χ2v) is 6.26. The number of nitrogens with zero attached hydrogens (tertiary/aromatic N) is 1. The summed E-state index contributed by atoms with van der Waals surface area (Å²) in [6.07, 6.45) is 3.75. The van der Waals surface area contributed by atoms with Crippen LogP contribution in [0.1, 0.15) is 44.2 Å². The Morgan fingerprint density at radius 1 is 1.35 bits per heavy atom. The lowest BCUT2D eigenvalue weighted by Crippen LogP contribution is -2.38. The number of nitrogens with one attached hydrogen (secondary N) is 1. The first-order chi connectivity index (χ1) is 9.47. The molecule has 2 rings (SSSR count). The first-order valence-electron chi connectivity index (χ1n) is 7.44. The number of hydrogen-bond acceptors (Lipinski definition) is 3. The minimum Gasteiger partial charge on any atom is -0.310 e. The van der Waals surface area contributed by atoms with Crippen LogP contribution in [0.5, 0.6) is 0 Å². The van der Waals surface area contributed by atoms with Crippen LogP contribution in [0, 0.1) is 28.9 Å². The van der Waals surface area contributed by atoms with E-state index >= 15 is 0 Å². The van der Waals surface area contributed by atoms with Gasteiger partial charge in [0.25, 0.3) is 5.69 Å². The number of nitro groups is 1. The van der Waals surface area contributed by atoms with Crippen LogP contribution in [-0.4, -0.2) is 11.0 Å². The highest BCUT2D eigenvalue weighted by Gasteiger charge is 2.24. The third-order valence-electron chi connectivity index (χ3n) is 4.47. The molecular weight excluding hydrogens is 252 g/mol. The molecule has 1 fully saturated rings. The van der Waals surface area contributed by atoms with Crippen molar-refractivity contribution in [2.24, 2.45) is 11.8 Å². The van der Waals surface area contributed by atoms with Crippen molar-refractivity contribution in [3.05, 3.63) is 39.4 Å². The summed E-state index contributed by atoms with van der Waals surface area (Å²) >= 11 is 0. The molecule has 4 heteroatoms. The summed E-state index contributed by atoms with van der Waals surface area (Å²) in [6, 6.07) is 6.04. The molecule has 1 aromatic carbocycles. The van der Waals surface area contributed by atoms with Crippen LogP contribution < -0.4 is 5.32 Å². The van der Waals surface area contributed by atoms with Gasteiger partial charge in [-0.05, 0) is 43.6 Å². The lowest BCUT2D eigenvalue weighted by molar-refractivity contribution is -0.385. The van der Waals surface area contributed by atoms with Crippen molar-refractivity contribution >= 4 is 5.69 Å². The van der Waals surface area contributed by atoms with Gasteiger partial charge in [-0.25, -0.2) is 0 Å². The molecule has 0 aromatic heterocycles. The quantitative estimate of drug-likeness (QED) is 0.672. The first-order valence-corrected chi connectivity index (χ1v) is 7.44. The van der Waals surface area contributed by atoms with Gasteiger partial charge in [-0.3, -0.25) is 10.1 Å². The highest BCUT2D eigenvalue weighted by molar-refractivity contribution is 5.42. The Labute approximate surface area is 120 Å². The molecule has 3 unspecified atom stereocenters. The van der Waals surface area contributed by atoms with Gasteiger partial charge in [-0.2, -0.15) is 0 Å². The van der Waals surface area contributed by atoms with Gasteiger partial charge in [0.05, 0.1) is 4.92 Å². The number of benzene rings is 1. The smallest absolute Gasteiger partial charge is 0.272 e. The molecule has 0 aliphatic heterocycles. The van der Waals surface area contributed by atoms with Crippen LogP contribution in [0.4, 0.5) is 5.69 Å². The third kappa shape index (κ3) is 3.57. The molecule has 1 aliphatic carbocycles. The first kappa shape index (κ1) is 15.0. The average molecular weight is 276 g/mol. The van der Waals surface area contributed by atoms with Crippen LogP contribution in [-0.2, 0) is 6.54 Å². The zero-order valence-electron chi connectivity index (χ0n) is 12.6. The van der Waals surface area contributed by atoms with Gasteiger partial charge >= 0.3 is 0 Å². The van der Waals surface area contributed by atoms with E-state index in [-0.39, 0.29) is 10.6 Å². The van der Waals surface area contributed by atoms with Crippen molar-refractivity contribution in [3.63, 3.8) is 0 Å². The summed E-state index contributed by atoms with van der Waals surface area (Å²) in [5.41, 5.74) is 1.93. The SMILES string of the molecule is Cc1ccc(CNC2CCC(C)CC2C)cc1[N+](=O)[O-]. The summed E-state index contributed by atoms with van der Waals surface area (Å²) in [4.78, 5) is 10.7. The summed E-state index contributed by atoms with van der Waals surface area (Å²) in [5, 5.41) is 14.5. The molecule has 0 saturated heterocycles. The molecule has 0 bridgehead atoms. The van der Waals surface area contributed by atoms with Crippen molar-refractivity contribution in [3.8, 4) is 0 Å². The van der Waals surface area contributed by atoms with Crippen molar-refractivity contribution in [2.45, 2.75) is 52.6 Å². The number of rotatable bonds is 4. The molecule has 4 nitrogen and oxygen atoms in total. The molecule has 1 aliphatic rings. The molecule has 0 amide bonds. The highest BCUT2D eigenvalue weighted by atomic mass is 16.6. The summed E-state index contributed by atoms with van der Waals surface area (Å²) in [7, 11) is 0. The second-order valence-electron chi connectivity index (χ2n) is 6.26. The van der Waals surface area contributed by atoms with Gasteiger partial charge < -0.3 is 5.32 Å². The maximum absolute atomic E-state index is 11.0. The Morgan fingerprint density at radius 3 is 2.75 bits per heavy atom. The monoisotopic (exact) mass is 276 g/mol. The van der Waals surface area contributed by atoms with Crippen molar-refractivity contribution in [1.82, 2.24) is 5.32 Å². The van der Waals surface area contributed by atoms with Crippen molar-refractivity contribution in [1.29, 1.82) is 0 Å². The lowest BCUT2D eigenvalue weighted by atomic mass is 9.80. The van der Waals surface area contributed by atoms with E-state index in [2.05, 4.69) is 19.2 Å². The van der Waals surface area contributed by atoms with E-state index < -0.39 is 0 Å². The molecule has 110 valence electrons. The van der Waals surface area contributed by atoms with E-state index in [1.807, 2.05) is 12.1 Å². The van der Waals surface area contributed by atoms with Crippen LogP contribution in [0.25, 0.3) is 0 Å². The van der Waals surface area contributed by atoms with E-state index in [4.69, 9.17) is 0 Å². The van der Waals surface area contributed by atoms with Gasteiger partial charge in [0.15, 0.2) is 0 Å². The molecule has 1 N–H and O–H groups in total. The fourth-order valence-electron chi connectivity index (χ4n) is 3.18. The fourth-order valence-corrected chi connectivity index (χ4v) is 3.18. The Morgan fingerprint density at radius 2 is 2.10 bits per heavy atom. The van der Waals surface area contributed by atoms with E-state index in [9.17, 15) is 10.1 Å². The standard InChI is InChI=1S/C16H24N2O2/c1-11-4-7-15(13(3)8-11)17-10-14-6-5-12(2)16(9-14)18(19)20/h5-6,9,11,13,15,17H,4,7-8,10H2,1-3H3. The van der Waals surface area contributed by atoms with Crippen LogP contribution in [0.2, 0.25) is 0 Å². The van der Waals surface area contributed by atoms with Crippen LogP contribution in [0.15, 0.2) is 18.2 Å². The molecule has 0 spiro atoms. The number of hydrogen-bond donors (Lipinski definition) is 1. The van der Waals surface area contributed by atoms with Gasteiger partial charge in [0.1, 0.15) is 0 Å². The molecule has 20 heavy (non-hydrogen) atoms.